The van der Waals surface area contributed by atoms with E-state index in [9.17, 15) is 0 Å². The fourth-order valence-corrected chi connectivity index (χ4v) is 3.15. The largest absolute Gasteiger partial charge is 0.327 e. The van der Waals surface area contributed by atoms with Crippen LogP contribution >= 0.6 is 11.3 Å². The maximum absolute atomic E-state index is 5.99. The van der Waals surface area contributed by atoms with Crippen molar-refractivity contribution in [1.29, 1.82) is 0 Å². The van der Waals surface area contributed by atoms with Gasteiger partial charge in [-0.2, -0.15) is 0 Å². The predicted molar refractivity (Wildman–Crippen MR) is 87.0 cm³/mol. The molecule has 20 heavy (non-hydrogen) atoms. The lowest BCUT2D eigenvalue weighted by Gasteiger charge is -2.04. The van der Waals surface area contributed by atoms with Crippen molar-refractivity contribution in [3.05, 3.63) is 52.9 Å². The van der Waals surface area contributed by atoms with Gasteiger partial charge in [-0.3, -0.25) is 0 Å². The molecule has 0 amide bonds. The second kappa shape index (κ2) is 5.73. The van der Waals surface area contributed by atoms with Gasteiger partial charge in [-0.25, -0.2) is 4.98 Å². The van der Waals surface area contributed by atoms with E-state index in [2.05, 4.69) is 54.8 Å². The summed E-state index contributed by atoms with van der Waals surface area (Å²) in [6.45, 7) is 2.11. The Balaban J connectivity index is 1.91. The molecule has 3 heteroatoms. The molecule has 0 fully saturated rings. The summed E-state index contributed by atoms with van der Waals surface area (Å²) < 4.78 is 0. The van der Waals surface area contributed by atoms with Gasteiger partial charge in [0.2, 0.25) is 0 Å². The highest BCUT2D eigenvalue weighted by Crippen LogP contribution is 2.26. The Bertz CT molecular complexity index is 718. The summed E-state index contributed by atoms with van der Waals surface area (Å²) in [6.07, 6.45) is 1.86. The SMILES string of the molecule is CCC(N)Cc1nc(-c2ccc3ccccc3c2)cs1. The number of nitrogens with zero attached hydrogens (tertiary/aromatic N) is 1. The summed E-state index contributed by atoms with van der Waals surface area (Å²) in [4.78, 5) is 4.71. The summed E-state index contributed by atoms with van der Waals surface area (Å²) in [5, 5.41) is 5.77. The number of rotatable bonds is 4. The van der Waals surface area contributed by atoms with Gasteiger partial charge in [0.15, 0.2) is 0 Å². The molecule has 3 aromatic rings. The van der Waals surface area contributed by atoms with E-state index in [0.717, 1.165) is 23.5 Å². The van der Waals surface area contributed by atoms with Crippen LogP contribution in [0.15, 0.2) is 47.8 Å². The number of hydrogen-bond acceptors (Lipinski definition) is 3. The lowest BCUT2D eigenvalue weighted by molar-refractivity contribution is 0.644. The van der Waals surface area contributed by atoms with Crippen LogP contribution in [0.1, 0.15) is 18.4 Å². The molecule has 0 saturated heterocycles. The first kappa shape index (κ1) is 13.3. The standard InChI is InChI=1S/C17H18N2S/c1-2-15(18)10-17-19-16(11-20-17)14-8-7-12-5-3-4-6-13(12)9-14/h3-9,11,15H,2,10,18H2,1H3. The van der Waals surface area contributed by atoms with Gasteiger partial charge in [0.25, 0.3) is 0 Å². The molecule has 1 aromatic heterocycles. The summed E-state index contributed by atoms with van der Waals surface area (Å²) >= 11 is 1.70. The van der Waals surface area contributed by atoms with E-state index in [1.807, 2.05) is 0 Å². The zero-order valence-electron chi connectivity index (χ0n) is 11.5. The van der Waals surface area contributed by atoms with Crippen LogP contribution in [0.5, 0.6) is 0 Å². The molecule has 0 aliphatic heterocycles. The minimum atomic E-state index is 0.214. The molecule has 0 bridgehead atoms. The number of aromatic nitrogens is 1. The van der Waals surface area contributed by atoms with Gasteiger partial charge in [-0.1, -0.05) is 43.3 Å². The van der Waals surface area contributed by atoms with E-state index in [0.29, 0.717) is 0 Å². The molecular formula is C17H18N2S. The topological polar surface area (TPSA) is 38.9 Å². The van der Waals surface area contributed by atoms with Crippen LogP contribution in [-0.2, 0) is 6.42 Å². The van der Waals surface area contributed by atoms with Gasteiger partial charge in [0.05, 0.1) is 10.7 Å². The third-order valence-electron chi connectivity index (χ3n) is 3.56. The van der Waals surface area contributed by atoms with Crippen molar-refractivity contribution in [2.75, 3.05) is 0 Å². The Kier molecular flexibility index (Phi) is 3.81. The van der Waals surface area contributed by atoms with Crippen LogP contribution in [0, 0.1) is 0 Å². The number of benzene rings is 2. The molecule has 3 rings (SSSR count). The number of thiazole rings is 1. The van der Waals surface area contributed by atoms with E-state index >= 15 is 0 Å². The van der Waals surface area contributed by atoms with Crippen molar-refractivity contribution in [3.8, 4) is 11.3 Å². The highest BCUT2D eigenvalue weighted by atomic mass is 32.1. The third-order valence-corrected chi connectivity index (χ3v) is 4.43. The molecule has 0 saturated carbocycles. The smallest absolute Gasteiger partial charge is 0.0948 e. The first-order chi connectivity index (χ1) is 9.76. The van der Waals surface area contributed by atoms with E-state index in [-0.39, 0.29) is 6.04 Å². The normalized spacial score (nSPS) is 12.7. The molecule has 1 unspecified atom stereocenters. The van der Waals surface area contributed by atoms with E-state index in [1.165, 1.54) is 16.3 Å². The van der Waals surface area contributed by atoms with Crippen LogP contribution in [-0.4, -0.2) is 11.0 Å². The van der Waals surface area contributed by atoms with Crippen molar-refractivity contribution in [2.24, 2.45) is 5.73 Å². The second-order valence-electron chi connectivity index (χ2n) is 5.06. The van der Waals surface area contributed by atoms with Crippen LogP contribution in [0.3, 0.4) is 0 Å². The predicted octanol–water partition coefficient (Wildman–Crippen LogP) is 4.24. The average Bonchev–Trinajstić information content (AvgIpc) is 2.95. The molecule has 2 nitrogen and oxygen atoms in total. The van der Waals surface area contributed by atoms with Crippen LogP contribution in [0.25, 0.3) is 22.0 Å². The highest BCUT2D eigenvalue weighted by molar-refractivity contribution is 7.09. The Hall–Kier alpha value is -1.71. The molecule has 2 N–H and O–H groups in total. The van der Waals surface area contributed by atoms with Gasteiger partial charge >= 0.3 is 0 Å². The van der Waals surface area contributed by atoms with Gasteiger partial charge in [0.1, 0.15) is 0 Å². The van der Waals surface area contributed by atoms with Crippen LogP contribution in [0.4, 0.5) is 0 Å². The lowest BCUT2D eigenvalue weighted by atomic mass is 10.1. The Labute approximate surface area is 123 Å². The van der Waals surface area contributed by atoms with Crippen LogP contribution in [0.2, 0.25) is 0 Å². The van der Waals surface area contributed by atoms with E-state index < -0.39 is 0 Å². The fourth-order valence-electron chi connectivity index (χ4n) is 2.25. The monoisotopic (exact) mass is 282 g/mol. The van der Waals surface area contributed by atoms with Gasteiger partial charge in [-0.05, 0) is 23.3 Å². The second-order valence-corrected chi connectivity index (χ2v) is 6.00. The Morgan fingerprint density at radius 2 is 1.95 bits per heavy atom. The lowest BCUT2D eigenvalue weighted by Crippen LogP contribution is -2.21. The first-order valence-corrected chi connectivity index (χ1v) is 7.83. The van der Waals surface area contributed by atoms with Crippen molar-refractivity contribution in [2.45, 2.75) is 25.8 Å². The molecule has 0 aliphatic carbocycles. The molecule has 2 aromatic carbocycles. The minimum Gasteiger partial charge on any atom is -0.327 e. The summed E-state index contributed by atoms with van der Waals surface area (Å²) in [5.41, 5.74) is 8.23. The number of nitrogens with two attached hydrogens (primary N) is 1. The maximum Gasteiger partial charge on any atom is 0.0948 e. The van der Waals surface area contributed by atoms with Gasteiger partial charge < -0.3 is 5.73 Å². The molecule has 0 radical (unpaired) electrons. The Morgan fingerprint density at radius 1 is 1.15 bits per heavy atom. The molecule has 0 aliphatic rings. The third kappa shape index (κ3) is 2.74. The van der Waals surface area contributed by atoms with Gasteiger partial charge in [-0.15, -0.1) is 11.3 Å². The minimum absolute atomic E-state index is 0.214. The van der Waals surface area contributed by atoms with E-state index in [4.69, 9.17) is 10.7 Å². The van der Waals surface area contributed by atoms with Crippen molar-refractivity contribution >= 4 is 22.1 Å². The number of fused-ring (bicyclic) bond motifs is 1. The summed E-state index contributed by atoms with van der Waals surface area (Å²) in [6, 6.07) is 15.1. The zero-order valence-corrected chi connectivity index (χ0v) is 12.4. The molecule has 1 atom stereocenters. The van der Waals surface area contributed by atoms with Crippen LogP contribution < -0.4 is 5.73 Å². The quantitative estimate of drug-likeness (QED) is 0.777. The molecule has 1 heterocycles. The first-order valence-electron chi connectivity index (χ1n) is 6.95. The van der Waals surface area contributed by atoms with Crippen molar-refractivity contribution in [1.82, 2.24) is 4.98 Å². The molecule has 102 valence electrons. The molecule has 0 spiro atoms. The van der Waals surface area contributed by atoms with Crippen molar-refractivity contribution in [3.63, 3.8) is 0 Å². The summed E-state index contributed by atoms with van der Waals surface area (Å²) in [7, 11) is 0. The maximum atomic E-state index is 5.99. The average molecular weight is 282 g/mol. The Morgan fingerprint density at radius 3 is 2.75 bits per heavy atom. The zero-order chi connectivity index (χ0) is 13.9. The van der Waals surface area contributed by atoms with Crippen molar-refractivity contribution < 1.29 is 0 Å². The number of hydrogen-bond donors (Lipinski definition) is 1. The summed E-state index contributed by atoms with van der Waals surface area (Å²) in [5.74, 6) is 0. The molecular weight excluding hydrogens is 264 g/mol. The fraction of sp³-hybridized carbons (Fsp3) is 0.235. The van der Waals surface area contributed by atoms with E-state index in [1.54, 1.807) is 11.3 Å². The highest BCUT2D eigenvalue weighted by Gasteiger charge is 2.08. The van der Waals surface area contributed by atoms with Gasteiger partial charge in [0, 0.05) is 23.4 Å².